The van der Waals surface area contributed by atoms with Crippen LogP contribution < -0.4 is 10.6 Å². The normalized spacial score (nSPS) is 13.6. The maximum absolute atomic E-state index is 13.1. The number of rotatable bonds is 6. The summed E-state index contributed by atoms with van der Waals surface area (Å²) in [7, 11) is 0. The van der Waals surface area contributed by atoms with E-state index in [1.54, 1.807) is 17.4 Å². The lowest BCUT2D eigenvalue weighted by molar-refractivity contribution is 0.171. The Balaban J connectivity index is 1.89. The van der Waals surface area contributed by atoms with Crippen LogP contribution >= 0.6 is 11.3 Å². The largest absolute Gasteiger partial charge is 0.387 e. The lowest BCUT2D eigenvalue weighted by atomic mass is 10.0. The minimum Gasteiger partial charge on any atom is -0.387 e. The van der Waals surface area contributed by atoms with Gasteiger partial charge in [-0.15, -0.1) is 11.3 Å². The van der Waals surface area contributed by atoms with Crippen LogP contribution in [-0.4, -0.2) is 17.7 Å². The number of halogens is 1. The van der Waals surface area contributed by atoms with E-state index in [-0.39, 0.29) is 24.5 Å². The molecule has 1 heterocycles. The summed E-state index contributed by atoms with van der Waals surface area (Å²) >= 11 is 1.59. The summed E-state index contributed by atoms with van der Waals surface area (Å²) in [4.78, 5) is 13.1. The number of urea groups is 1. The second-order valence-corrected chi connectivity index (χ2v) is 6.64. The Hall–Kier alpha value is -1.92. The summed E-state index contributed by atoms with van der Waals surface area (Å²) in [6, 6.07) is 9.21. The third kappa shape index (κ3) is 5.04. The summed E-state index contributed by atoms with van der Waals surface area (Å²) in [5, 5.41) is 17.5. The lowest BCUT2D eigenvalue weighted by Crippen LogP contribution is -2.41. The lowest BCUT2D eigenvalue weighted by Gasteiger charge is -2.22. The van der Waals surface area contributed by atoms with Crippen LogP contribution in [0.25, 0.3) is 0 Å². The smallest absolute Gasteiger partial charge is 0.315 e. The minimum atomic E-state index is -0.948. The van der Waals surface area contributed by atoms with E-state index in [1.807, 2.05) is 31.4 Å². The highest BCUT2D eigenvalue weighted by molar-refractivity contribution is 7.10. The zero-order valence-corrected chi connectivity index (χ0v) is 13.9. The molecule has 6 heteroatoms. The van der Waals surface area contributed by atoms with E-state index in [1.165, 1.54) is 18.2 Å². The molecule has 0 saturated heterocycles. The van der Waals surface area contributed by atoms with E-state index >= 15 is 0 Å². The molecule has 124 valence electrons. The average Bonchev–Trinajstić information content (AvgIpc) is 3.04. The minimum absolute atomic E-state index is 0.0184. The van der Waals surface area contributed by atoms with Crippen molar-refractivity contribution >= 4 is 17.4 Å². The first-order chi connectivity index (χ1) is 11.0. The maximum Gasteiger partial charge on any atom is 0.315 e. The maximum atomic E-state index is 13.1. The number of hydrogen-bond donors (Lipinski definition) is 3. The van der Waals surface area contributed by atoms with E-state index in [4.69, 9.17) is 0 Å². The number of amides is 2. The fourth-order valence-electron chi connectivity index (χ4n) is 2.25. The van der Waals surface area contributed by atoms with Gasteiger partial charge in [0.2, 0.25) is 0 Å². The van der Waals surface area contributed by atoms with Crippen molar-refractivity contribution < 1.29 is 14.3 Å². The van der Waals surface area contributed by atoms with Crippen LogP contribution in [0.3, 0.4) is 0 Å². The van der Waals surface area contributed by atoms with Gasteiger partial charge in [-0.25, -0.2) is 9.18 Å². The second kappa shape index (κ2) is 8.08. The number of carbonyl (C=O) groups is 1. The van der Waals surface area contributed by atoms with Gasteiger partial charge in [0, 0.05) is 11.4 Å². The van der Waals surface area contributed by atoms with Crippen molar-refractivity contribution in [1.82, 2.24) is 10.6 Å². The summed E-state index contributed by atoms with van der Waals surface area (Å²) in [5.74, 6) is -0.170. The monoisotopic (exact) mass is 336 g/mol. The number of hydrogen-bond acceptors (Lipinski definition) is 3. The van der Waals surface area contributed by atoms with Crippen LogP contribution in [-0.2, 0) is 0 Å². The number of aliphatic hydroxyl groups is 1. The predicted molar refractivity (Wildman–Crippen MR) is 89.8 cm³/mol. The third-order valence-electron chi connectivity index (χ3n) is 3.49. The molecule has 3 N–H and O–H groups in total. The zero-order valence-electron chi connectivity index (χ0n) is 13.1. The molecule has 2 unspecified atom stereocenters. The SMILES string of the molecule is CC(C)C(NC(=O)NCC(O)c1cccc(F)c1)c1cccs1. The van der Waals surface area contributed by atoms with Gasteiger partial charge in [0.15, 0.2) is 0 Å². The second-order valence-electron chi connectivity index (χ2n) is 5.66. The number of aliphatic hydroxyl groups excluding tert-OH is 1. The first kappa shape index (κ1) is 17.4. The molecule has 0 bridgehead atoms. The molecule has 1 aromatic heterocycles. The van der Waals surface area contributed by atoms with Crippen LogP contribution in [0, 0.1) is 11.7 Å². The Labute approximate surface area is 139 Å². The standard InChI is InChI=1S/C17H21FN2O2S/c1-11(2)16(15-7-4-8-23-15)20-17(22)19-10-14(21)12-5-3-6-13(18)9-12/h3-9,11,14,16,21H,10H2,1-2H3,(H2,19,20,22). The van der Waals surface area contributed by atoms with Crippen molar-refractivity contribution in [1.29, 1.82) is 0 Å². The Morgan fingerprint density at radius 1 is 1.30 bits per heavy atom. The summed E-state index contributed by atoms with van der Waals surface area (Å²) in [5.41, 5.74) is 0.434. The third-order valence-corrected chi connectivity index (χ3v) is 4.45. The molecule has 0 fully saturated rings. The van der Waals surface area contributed by atoms with E-state index in [9.17, 15) is 14.3 Å². The molecule has 2 atom stereocenters. The molecule has 0 radical (unpaired) electrons. The molecular weight excluding hydrogens is 315 g/mol. The summed E-state index contributed by atoms with van der Waals surface area (Å²) in [6.07, 6.45) is -0.948. The average molecular weight is 336 g/mol. The van der Waals surface area contributed by atoms with Gasteiger partial charge in [0.25, 0.3) is 0 Å². The molecule has 2 amide bonds. The molecular formula is C17H21FN2O2S. The van der Waals surface area contributed by atoms with Gasteiger partial charge in [-0.2, -0.15) is 0 Å². The Morgan fingerprint density at radius 3 is 2.70 bits per heavy atom. The molecule has 4 nitrogen and oxygen atoms in total. The van der Waals surface area contributed by atoms with Crippen molar-refractivity contribution in [2.45, 2.75) is 26.0 Å². The Bertz CT molecular complexity index is 631. The van der Waals surface area contributed by atoms with Crippen LogP contribution in [0.1, 0.15) is 36.4 Å². The Morgan fingerprint density at radius 2 is 2.09 bits per heavy atom. The van der Waals surface area contributed by atoms with Crippen molar-refractivity contribution in [3.05, 3.63) is 58.0 Å². The molecule has 23 heavy (non-hydrogen) atoms. The van der Waals surface area contributed by atoms with Gasteiger partial charge in [-0.1, -0.05) is 32.0 Å². The zero-order chi connectivity index (χ0) is 16.8. The summed E-state index contributed by atoms with van der Waals surface area (Å²) < 4.78 is 13.1. The molecule has 2 aromatic rings. The quantitative estimate of drug-likeness (QED) is 0.754. The highest BCUT2D eigenvalue weighted by atomic mass is 32.1. The fourth-order valence-corrected chi connectivity index (χ4v) is 3.20. The van der Waals surface area contributed by atoms with Gasteiger partial charge < -0.3 is 15.7 Å². The van der Waals surface area contributed by atoms with Gasteiger partial charge >= 0.3 is 6.03 Å². The van der Waals surface area contributed by atoms with E-state index in [0.29, 0.717) is 5.56 Å². The van der Waals surface area contributed by atoms with Crippen molar-refractivity contribution in [3.8, 4) is 0 Å². The first-order valence-corrected chi connectivity index (χ1v) is 8.36. The first-order valence-electron chi connectivity index (χ1n) is 7.48. The van der Waals surface area contributed by atoms with E-state index in [2.05, 4.69) is 10.6 Å². The molecule has 0 aliphatic carbocycles. The van der Waals surface area contributed by atoms with Crippen molar-refractivity contribution in [2.24, 2.45) is 5.92 Å². The topological polar surface area (TPSA) is 61.4 Å². The van der Waals surface area contributed by atoms with Gasteiger partial charge in [-0.3, -0.25) is 0 Å². The summed E-state index contributed by atoms with van der Waals surface area (Å²) in [6.45, 7) is 4.09. The fraction of sp³-hybridized carbons (Fsp3) is 0.353. The van der Waals surface area contributed by atoms with Gasteiger partial charge in [0.05, 0.1) is 12.1 Å². The molecule has 0 aliphatic heterocycles. The molecule has 0 spiro atoms. The van der Waals surface area contributed by atoms with E-state index < -0.39 is 11.9 Å². The van der Waals surface area contributed by atoms with Crippen molar-refractivity contribution in [3.63, 3.8) is 0 Å². The molecule has 0 saturated carbocycles. The Kier molecular flexibility index (Phi) is 6.12. The van der Waals surface area contributed by atoms with Crippen LogP contribution in [0.15, 0.2) is 41.8 Å². The number of nitrogens with one attached hydrogen (secondary N) is 2. The van der Waals surface area contributed by atoms with Crippen molar-refractivity contribution in [2.75, 3.05) is 6.54 Å². The number of thiophene rings is 1. The molecule has 2 rings (SSSR count). The van der Waals surface area contributed by atoms with E-state index in [0.717, 1.165) is 4.88 Å². The van der Waals surface area contributed by atoms with Gasteiger partial charge in [0.1, 0.15) is 5.82 Å². The van der Waals surface area contributed by atoms with Crippen LogP contribution in [0.5, 0.6) is 0 Å². The highest BCUT2D eigenvalue weighted by Gasteiger charge is 2.19. The number of carbonyl (C=O) groups excluding carboxylic acids is 1. The van der Waals surface area contributed by atoms with Gasteiger partial charge in [-0.05, 0) is 35.1 Å². The molecule has 1 aromatic carbocycles. The molecule has 0 aliphatic rings. The highest BCUT2D eigenvalue weighted by Crippen LogP contribution is 2.25. The number of benzene rings is 1. The predicted octanol–water partition coefficient (Wildman–Crippen LogP) is 3.62. The van der Waals surface area contributed by atoms with Crippen LogP contribution in [0.4, 0.5) is 9.18 Å². The van der Waals surface area contributed by atoms with Crippen LogP contribution in [0.2, 0.25) is 0 Å².